The smallest absolute Gasteiger partial charge is 0.240 e. The number of carbonyl (C=O) groups is 3. The van der Waals surface area contributed by atoms with Gasteiger partial charge in [-0.2, -0.15) is 0 Å². The first-order valence-electron chi connectivity index (χ1n) is 8.27. The third-order valence-electron chi connectivity index (χ3n) is 3.92. The summed E-state index contributed by atoms with van der Waals surface area (Å²) >= 11 is 0. The fourth-order valence-corrected chi connectivity index (χ4v) is 2.46. The molecule has 0 aliphatic carbocycles. The second kappa shape index (κ2) is 8.89. The maximum Gasteiger partial charge on any atom is 0.240 e. The first kappa shape index (κ1) is 19.3. The Morgan fingerprint density at radius 2 is 1.58 bits per heavy atom. The highest BCUT2D eigenvalue weighted by Gasteiger charge is 2.16. The highest BCUT2D eigenvalue weighted by atomic mass is 19.1. The highest BCUT2D eigenvalue weighted by molar-refractivity contribution is 5.98. The summed E-state index contributed by atoms with van der Waals surface area (Å²) < 4.78 is 12.9. The van der Waals surface area contributed by atoms with E-state index in [2.05, 4.69) is 5.32 Å². The van der Waals surface area contributed by atoms with E-state index in [4.69, 9.17) is 0 Å². The zero-order valence-electron chi connectivity index (χ0n) is 14.8. The summed E-state index contributed by atoms with van der Waals surface area (Å²) in [6.07, 6.45) is 0.569. The fourth-order valence-electron chi connectivity index (χ4n) is 2.46. The van der Waals surface area contributed by atoms with E-state index >= 15 is 0 Å². The van der Waals surface area contributed by atoms with Gasteiger partial charge in [-0.3, -0.25) is 14.4 Å². The summed E-state index contributed by atoms with van der Waals surface area (Å²) in [6.45, 7) is 3.12. The molecule has 0 unspecified atom stereocenters. The van der Waals surface area contributed by atoms with Crippen molar-refractivity contribution in [3.8, 4) is 0 Å². The van der Waals surface area contributed by atoms with Crippen LogP contribution in [0.1, 0.15) is 29.8 Å². The third-order valence-corrected chi connectivity index (χ3v) is 3.92. The number of anilines is 1. The molecule has 2 amide bonds. The largest absolute Gasteiger partial charge is 0.354 e. The number of nitrogens with zero attached hydrogens (tertiary/aromatic N) is 1. The third kappa shape index (κ3) is 5.51. The Kier molecular flexibility index (Phi) is 6.60. The van der Waals surface area contributed by atoms with Gasteiger partial charge in [-0.05, 0) is 55.3 Å². The fraction of sp³-hybridized carbons (Fsp3) is 0.250. The number of benzene rings is 2. The molecule has 0 saturated carbocycles. The van der Waals surface area contributed by atoms with Crippen LogP contribution >= 0.6 is 0 Å². The standard InChI is InChI=1S/C20H21FN2O3/c1-14(24)17-5-9-19(10-6-17)23(15(2)25)13-20(26)22-12-11-16-3-7-18(21)8-4-16/h3-10H,11-13H2,1-2H3,(H,22,26). The normalized spacial score (nSPS) is 10.3. The summed E-state index contributed by atoms with van der Waals surface area (Å²) in [5, 5.41) is 2.75. The van der Waals surface area contributed by atoms with Crippen LogP contribution in [0.5, 0.6) is 0 Å². The summed E-state index contributed by atoms with van der Waals surface area (Å²) in [6, 6.07) is 12.6. The van der Waals surface area contributed by atoms with Crippen LogP contribution < -0.4 is 10.2 Å². The number of halogens is 1. The lowest BCUT2D eigenvalue weighted by Crippen LogP contribution is -2.40. The van der Waals surface area contributed by atoms with Crippen molar-refractivity contribution < 1.29 is 18.8 Å². The minimum atomic E-state index is -0.300. The molecule has 5 nitrogen and oxygen atoms in total. The average Bonchev–Trinajstić information content (AvgIpc) is 2.61. The minimum absolute atomic E-state index is 0.0653. The second-order valence-corrected chi connectivity index (χ2v) is 5.93. The molecule has 2 aromatic carbocycles. The van der Waals surface area contributed by atoms with Gasteiger partial charge in [-0.15, -0.1) is 0 Å². The quantitative estimate of drug-likeness (QED) is 0.776. The topological polar surface area (TPSA) is 66.5 Å². The highest BCUT2D eigenvalue weighted by Crippen LogP contribution is 2.16. The molecule has 1 N–H and O–H groups in total. The SMILES string of the molecule is CC(=O)c1ccc(N(CC(=O)NCCc2ccc(F)cc2)C(C)=O)cc1. The molecule has 0 aromatic heterocycles. The first-order chi connectivity index (χ1) is 12.4. The molecule has 2 aromatic rings. The molecular formula is C20H21FN2O3. The van der Waals surface area contributed by atoms with Gasteiger partial charge in [0.05, 0.1) is 0 Å². The number of rotatable bonds is 7. The Bertz CT molecular complexity index is 786. The molecule has 6 heteroatoms. The second-order valence-electron chi connectivity index (χ2n) is 5.93. The van der Waals surface area contributed by atoms with Crippen LogP contribution in [-0.2, 0) is 16.0 Å². The Balaban J connectivity index is 1.92. The number of Topliss-reactive ketones (excluding diaryl/α,β-unsaturated/α-hetero) is 1. The van der Waals surface area contributed by atoms with Crippen LogP contribution in [0, 0.1) is 5.82 Å². The molecule has 0 spiro atoms. The Morgan fingerprint density at radius 3 is 2.12 bits per heavy atom. The molecule has 26 heavy (non-hydrogen) atoms. The summed E-state index contributed by atoms with van der Waals surface area (Å²) in [4.78, 5) is 36.7. The number of carbonyl (C=O) groups excluding carboxylic acids is 3. The van der Waals surface area contributed by atoms with Gasteiger partial charge in [0.1, 0.15) is 12.4 Å². The van der Waals surface area contributed by atoms with E-state index in [-0.39, 0.29) is 30.0 Å². The monoisotopic (exact) mass is 356 g/mol. The molecule has 0 saturated heterocycles. The van der Waals surface area contributed by atoms with E-state index in [1.165, 1.54) is 30.9 Å². The van der Waals surface area contributed by atoms with Gasteiger partial charge in [0, 0.05) is 24.7 Å². The van der Waals surface area contributed by atoms with Gasteiger partial charge < -0.3 is 10.2 Å². The molecular weight excluding hydrogens is 335 g/mol. The van der Waals surface area contributed by atoms with Crippen molar-refractivity contribution in [2.24, 2.45) is 0 Å². The molecule has 0 aliphatic rings. The number of amides is 2. The van der Waals surface area contributed by atoms with E-state index in [0.29, 0.717) is 24.2 Å². The van der Waals surface area contributed by atoms with Crippen molar-refractivity contribution in [1.29, 1.82) is 0 Å². The lowest BCUT2D eigenvalue weighted by Gasteiger charge is -2.21. The van der Waals surface area contributed by atoms with Crippen molar-refractivity contribution >= 4 is 23.3 Å². The van der Waals surface area contributed by atoms with Crippen LogP contribution in [-0.4, -0.2) is 30.7 Å². The van der Waals surface area contributed by atoms with Crippen molar-refractivity contribution in [3.05, 3.63) is 65.5 Å². The molecule has 0 aliphatic heterocycles. The van der Waals surface area contributed by atoms with Gasteiger partial charge in [0.2, 0.25) is 11.8 Å². The molecule has 2 rings (SSSR count). The van der Waals surface area contributed by atoms with Crippen LogP contribution in [0.4, 0.5) is 10.1 Å². The zero-order chi connectivity index (χ0) is 19.1. The summed E-state index contributed by atoms with van der Waals surface area (Å²) in [5.74, 6) is -0.928. The molecule has 0 radical (unpaired) electrons. The maximum absolute atomic E-state index is 12.9. The van der Waals surface area contributed by atoms with E-state index < -0.39 is 0 Å². The van der Waals surface area contributed by atoms with Gasteiger partial charge in [-0.1, -0.05) is 12.1 Å². The number of nitrogens with one attached hydrogen (secondary N) is 1. The van der Waals surface area contributed by atoms with Crippen LogP contribution in [0.25, 0.3) is 0 Å². The Morgan fingerprint density at radius 1 is 0.962 bits per heavy atom. The summed E-state index contributed by atoms with van der Waals surface area (Å²) in [7, 11) is 0. The Hall–Kier alpha value is -3.02. The first-order valence-corrected chi connectivity index (χ1v) is 8.27. The minimum Gasteiger partial charge on any atom is -0.354 e. The van der Waals surface area contributed by atoms with Crippen molar-refractivity contribution in [1.82, 2.24) is 5.32 Å². The van der Waals surface area contributed by atoms with Crippen molar-refractivity contribution in [3.63, 3.8) is 0 Å². The van der Waals surface area contributed by atoms with E-state index in [1.54, 1.807) is 36.4 Å². The van der Waals surface area contributed by atoms with Gasteiger partial charge >= 0.3 is 0 Å². The lowest BCUT2D eigenvalue weighted by molar-refractivity contribution is -0.123. The van der Waals surface area contributed by atoms with Crippen LogP contribution in [0.15, 0.2) is 48.5 Å². The molecule has 136 valence electrons. The van der Waals surface area contributed by atoms with Crippen LogP contribution in [0.3, 0.4) is 0 Å². The van der Waals surface area contributed by atoms with Gasteiger partial charge in [0.15, 0.2) is 5.78 Å². The lowest BCUT2D eigenvalue weighted by atomic mass is 10.1. The van der Waals surface area contributed by atoms with Gasteiger partial charge in [-0.25, -0.2) is 4.39 Å². The molecule has 0 bridgehead atoms. The van der Waals surface area contributed by atoms with E-state index in [9.17, 15) is 18.8 Å². The predicted molar refractivity (Wildman–Crippen MR) is 97.6 cm³/mol. The molecule has 0 atom stereocenters. The van der Waals surface area contributed by atoms with E-state index in [0.717, 1.165) is 5.56 Å². The maximum atomic E-state index is 12.9. The number of hydrogen-bond donors (Lipinski definition) is 1. The number of ketones is 1. The summed E-state index contributed by atoms with van der Waals surface area (Å²) in [5.41, 5.74) is 2.01. The number of hydrogen-bond acceptors (Lipinski definition) is 3. The Labute approximate surface area is 151 Å². The average molecular weight is 356 g/mol. The van der Waals surface area contributed by atoms with Crippen LogP contribution in [0.2, 0.25) is 0 Å². The van der Waals surface area contributed by atoms with Crippen molar-refractivity contribution in [2.45, 2.75) is 20.3 Å². The molecule has 0 fully saturated rings. The predicted octanol–water partition coefficient (Wildman–Crippen LogP) is 2.74. The van der Waals surface area contributed by atoms with Crippen molar-refractivity contribution in [2.75, 3.05) is 18.0 Å². The van der Waals surface area contributed by atoms with E-state index in [1.807, 2.05) is 0 Å². The molecule has 0 heterocycles. The van der Waals surface area contributed by atoms with Gasteiger partial charge in [0.25, 0.3) is 0 Å². The zero-order valence-corrected chi connectivity index (χ0v) is 14.8.